The molecule has 0 radical (unpaired) electrons. The van der Waals surface area contributed by atoms with Crippen LogP contribution in [-0.4, -0.2) is 50.4 Å². The van der Waals surface area contributed by atoms with E-state index in [9.17, 15) is 22.8 Å². The Morgan fingerprint density at radius 3 is 2.09 bits per heavy atom. The number of hydrogen-bond donors (Lipinski definition) is 0. The molecule has 10 heteroatoms. The number of hydrogen-bond acceptors (Lipinski definition) is 7. The zero-order valence-corrected chi connectivity index (χ0v) is 19.9. The van der Waals surface area contributed by atoms with Gasteiger partial charge in [0.15, 0.2) is 0 Å². The summed E-state index contributed by atoms with van der Waals surface area (Å²) in [7, 11) is 0. The number of ether oxygens (including phenoxy) is 4. The van der Waals surface area contributed by atoms with Crippen molar-refractivity contribution in [1.82, 2.24) is 0 Å². The van der Waals surface area contributed by atoms with Crippen LogP contribution in [0.4, 0.5) is 13.2 Å². The predicted molar refractivity (Wildman–Crippen MR) is 118 cm³/mol. The predicted octanol–water partition coefficient (Wildman–Crippen LogP) is 4.66. The normalized spacial score (nSPS) is 18.7. The Balaban J connectivity index is 2.93. The first-order chi connectivity index (χ1) is 16.1. The van der Waals surface area contributed by atoms with Crippen molar-refractivity contribution in [1.29, 1.82) is 0 Å². The molecule has 7 nitrogen and oxygen atoms in total. The molecule has 0 fully saturated rings. The molecular formula is C24H30F3NO6. The lowest BCUT2D eigenvalue weighted by Gasteiger charge is -2.35. The lowest BCUT2D eigenvalue weighted by molar-refractivity contribution is -0.148. The van der Waals surface area contributed by atoms with Gasteiger partial charge in [0.2, 0.25) is 6.29 Å². The van der Waals surface area contributed by atoms with Crippen LogP contribution in [0.2, 0.25) is 0 Å². The third-order valence-corrected chi connectivity index (χ3v) is 5.16. The van der Waals surface area contributed by atoms with E-state index in [1.807, 2.05) is 0 Å². The van der Waals surface area contributed by atoms with Crippen molar-refractivity contribution >= 4 is 17.7 Å². The molecule has 188 valence electrons. The minimum Gasteiger partial charge on any atom is -0.465 e. The van der Waals surface area contributed by atoms with Gasteiger partial charge in [-0.1, -0.05) is 18.2 Å². The first-order valence-electron chi connectivity index (χ1n) is 11.1. The van der Waals surface area contributed by atoms with E-state index in [-0.39, 0.29) is 49.0 Å². The summed E-state index contributed by atoms with van der Waals surface area (Å²) in [6, 6.07) is 4.81. The average Bonchev–Trinajstić information content (AvgIpc) is 2.77. The Labute approximate surface area is 196 Å². The SMILES string of the molecule is CCOC(=O)C1=C(C(OCC)OCC)N=C(C)C(C(=O)OCC)C1c1ccccc1C(F)(F)F. The number of halogens is 3. The first kappa shape index (κ1) is 27.5. The molecule has 2 rings (SSSR count). The second-order valence-electron chi connectivity index (χ2n) is 7.31. The molecule has 0 saturated heterocycles. The van der Waals surface area contributed by atoms with E-state index in [4.69, 9.17) is 18.9 Å². The molecule has 0 saturated carbocycles. The van der Waals surface area contributed by atoms with Crippen LogP contribution in [-0.2, 0) is 34.7 Å². The fourth-order valence-corrected chi connectivity index (χ4v) is 3.92. The molecule has 0 aliphatic carbocycles. The minimum atomic E-state index is -4.74. The highest BCUT2D eigenvalue weighted by Crippen LogP contribution is 2.45. The van der Waals surface area contributed by atoms with Crippen LogP contribution < -0.4 is 0 Å². The zero-order valence-electron chi connectivity index (χ0n) is 19.9. The number of carbonyl (C=O) groups is 2. The highest BCUT2D eigenvalue weighted by molar-refractivity contribution is 6.07. The largest absolute Gasteiger partial charge is 0.465 e. The van der Waals surface area contributed by atoms with Gasteiger partial charge in [-0.25, -0.2) is 4.79 Å². The molecule has 0 spiro atoms. The summed E-state index contributed by atoms with van der Waals surface area (Å²) in [6.45, 7) is 8.39. The molecule has 0 aromatic heterocycles. The van der Waals surface area contributed by atoms with Gasteiger partial charge in [0.25, 0.3) is 0 Å². The van der Waals surface area contributed by atoms with Crippen LogP contribution in [0.3, 0.4) is 0 Å². The molecular weight excluding hydrogens is 455 g/mol. The van der Waals surface area contributed by atoms with Crippen LogP contribution in [0, 0.1) is 5.92 Å². The summed E-state index contributed by atoms with van der Waals surface area (Å²) < 4.78 is 63.7. The van der Waals surface area contributed by atoms with E-state index in [0.717, 1.165) is 6.07 Å². The van der Waals surface area contributed by atoms with E-state index in [0.29, 0.717) is 0 Å². The van der Waals surface area contributed by atoms with E-state index in [1.54, 1.807) is 27.7 Å². The molecule has 1 aliphatic heterocycles. The van der Waals surface area contributed by atoms with Gasteiger partial charge < -0.3 is 18.9 Å². The lowest BCUT2D eigenvalue weighted by Crippen LogP contribution is -2.39. The molecule has 2 unspecified atom stereocenters. The van der Waals surface area contributed by atoms with Crippen LogP contribution in [0.15, 0.2) is 40.5 Å². The lowest BCUT2D eigenvalue weighted by atomic mass is 9.74. The maximum Gasteiger partial charge on any atom is 0.416 e. The average molecular weight is 485 g/mol. The number of esters is 2. The maximum absolute atomic E-state index is 14.0. The zero-order chi connectivity index (χ0) is 25.5. The van der Waals surface area contributed by atoms with Gasteiger partial charge >= 0.3 is 18.1 Å². The van der Waals surface area contributed by atoms with Crippen LogP contribution in [0.25, 0.3) is 0 Å². The van der Waals surface area contributed by atoms with Crippen LogP contribution in [0.1, 0.15) is 51.7 Å². The van der Waals surface area contributed by atoms with Crippen molar-refractivity contribution in [3.8, 4) is 0 Å². The van der Waals surface area contributed by atoms with Crippen molar-refractivity contribution < 1.29 is 41.7 Å². The Kier molecular flexibility index (Phi) is 9.81. The third-order valence-electron chi connectivity index (χ3n) is 5.16. The van der Waals surface area contributed by atoms with Crippen LogP contribution >= 0.6 is 0 Å². The van der Waals surface area contributed by atoms with E-state index >= 15 is 0 Å². The summed E-state index contributed by atoms with van der Waals surface area (Å²) >= 11 is 0. The number of alkyl halides is 3. The molecule has 0 amide bonds. The van der Waals surface area contributed by atoms with E-state index in [1.165, 1.54) is 25.1 Å². The van der Waals surface area contributed by atoms with Crippen molar-refractivity contribution in [2.24, 2.45) is 10.9 Å². The van der Waals surface area contributed by atoms with Gasteiger partial charge in [-0.15, -0.1) is 0 Å². The second-order valence-corrected chi connectivity index (χ2v) is 7.31. The standard InChI is InChI=1S/C24H30F3NO6/c1-6-31-21(29)17-14(5)28-20(23(33-8-3)34-9-4)19(22(30)32-7-2)18(17)15-12-10-11-13-16(15)24(25,26)27/h10-13,17-18,23H,6-9H2,1-5H3. The summed E-state index contributed by atoms with van der Waals surface area (Å²) in [6.07, 6.45) is -5.88. The molecule has 0 N–H and O–H groups in total. The molecule has 1 aromatic carbocycles. The number of benzene rings is 1. The van der Waals surface area contributed by atoms with Crippen molar-refractivity contribution in [2.45, 2.75) is 53.0 Å². The summed E-state index contributed by atoms with van der Waals surface area (Å²) in [4.78, 5) is 30.6. The van der Waals surface area contributed by atoms with Gasteiger partial charge in [-0.3, -0.25) is 9.79 Å². The van der Waals surface area contributed by atoms with Gasteiger partial charge in [0.05, 0.1) is 24.4 Å². The molecule has 2 atom stereocenters. The summed E-state index contributed by atoms with van der Waals surface area (Å²) in [5, 5.41) is 0. The van der Waals surface area contributed by atoms with Gasteiger partial charge in [0, 0.05) is 24.8 Å². The highest BCUT2D eigenvalue weighted by atomic mass is 19.4. The fraction of sp³-hybridized carbons (Fsp3) is 0.542. The van der Waals surface area contributed by atoms with Crippen molar-refractivity contribution in [3.63, 3.8) is 0 Å². The fourth-order valence-electron chi connectivity index (χ4n) is 3.92. The topological polar surface area (TPSA) is 83.4 Å². The minimum absolute atomic E-state index is 0.00206. The number of carbonyl (C=O) groups excluding carboxylic acids is 2. The number of rotatable bonds is 10. The summed E-state index contributed by atoms with van der Waals surface area (Å²) in [5.41, 5.74) is -1.33. The Bertz CT molecular complexity index is 935. The number of aliphatic imine (C=N–C) groups is 1. The molecule has 34 heavy (non-hydrogen) atoms. The third kappa shape index (κ3) is 6.04. The second kappa shape index (κ2) is 12.1. The van der Waals surface area contributed by atoms with Crippen LogP contribution in [0.5, 0.6) is 0 Å². The van der Waals surface area contributed by atoms with Crippen molar-refractivity contribution in [3.05, 3.63) is 46.7 Å². The number of nitrogens with zero attached hydrogens (tertiary/aromatic N) is 1. The molecule has 1 aromatic rings. The Morgan fingerprint density at radius 2 is 1.56 bits per heavy atom. The summed E-state index contributed by atoms with van der Waals surface area (Å²) in [5.74, 6) is -4.37. The highest BCUT2D eigenvalue weighted by Gasteiger charge is 2.48. The maximum atomic E-state index is 14.0. The molecule has 0 bridgehead atoms. The Morgan fingerprint density at radius 1 is 0.971 bits per heavy atom. The quantitative estimate of drug-likeness (QED) is 0.354. The molecule has 1 aliphatic rings. The van der Waals surface area contributed by atoms with E-state index < -0.39 is 41.8 Å². The Hall–Kier alpha value is -2.72. The molecule has 1 heterocycles. The van der Waals surface area contributed by atoms with Gasteiger partial charge in [-0.2, -0.15) is 13.2 Å². The monoisotopic (exact) mass is 485 g/mol. The van der Waals surface area contributed by atoms with E-state index in [2.05, 4.69) is 4.99 Å². The van der Waals surface area contributed by atoms with Gasteiger partial charge in [-0.05, 0) is 46.2 Å². The first-order valence-corrected chi connectivity index (χ1v) is 11.1. The van der Waals surface area contributed by atoms with Crippen molar-refractivity contribution in [2.75, 3.05) is 26.4 Å². The van der Waals surface area contributed by atoms with Gasteiger partial charge in [0.1, 0.15) is 11.6 Å². The smallest absolute Gasteiger partial charge is 0.416 e.